The van der Waals surface area contributed by atoms with E-state index in [2.05, 4.69) is 15.3 Å². The van der Waals surface area contributed by atoms with Gasteiger partial charge in [0.05, 0.1) is 28.5 Å². The van der Waals surface area contributed by atoms with Crippen molar-refractivity contribution in [1.82, 2.24) is 14.4 Å². The lowest BCUT2D eigenvalue weighted by atomic mass is 10.1. The van der Waals surface area contributed by atoms with E-state index in [4.69, 9.17) is 27.9 Å². The predicted molar refractivity (Wildman–Crippen MR) is 117 cm³/mol. The number of aryl methyl sites for hydroxylation is 2. The number of aromatic nitrogens is 3. The summed E-state index contributed by atoms with van der Waals surface area (Å²) in [5, 5.41) is 4.17. The molecule has 3 aromatic heterocycles. The molecule has 0 atom stereocenters. The van der Waals surface area contributed by atoms with E-state index in [1.807, 2.05) is 31.2 Å². The zero-order valence-electron chi connectivity index (χ0n) is 15.8. The van der Waals surface area contributed by atoms with Gasteiger partial charge < -0.3 is 4.74 Å². The number of imidazole rings is 1. The number of pyridine rings is 1. The van der Waals surface area contributed by atoms with Crippen molar-refractivity contribution in [2.45, 2.75) is 13.8 Å². The fourth-order valence-electron chi connectivity index (χ4n) is 3.08. The third kappa shape index (κ3) is 3.69. The molecule has 0 saturated heterocycles. The van der Waals surface area contributed by atoms with Gasteiger partial charge in [0.15, 0.2) is 10.8 Å². The molecule has 0 aliphatic rings. The first-order chi connectivity index (χ1) is 13.9. The molecule has 0 aliphatic heterocycles. The van der Waals surface area contributed by atoms with Gasteiger partial charge in [-0.05, 0) is 44.2 Å². The van der Waals surface area contributed by atoms with Crippen LogP contribution in [0.3, 0.4) is 0 Å². The summed E-state index contributed by atoms with van der Waals surface area (Å²) in [6, 6.07) is 9.22. The Bertz CT molecular complexity index is 1230. The number of amides is 1. The number of thiazole rings is 1. The van der Waals surface area contributed by atoms with Crippen LogP contribution in [-0.4, -0.2) is 27.4 Å². The highest BCUT2D eigenvalue weighted by Gasteiger charge is 2.20. The first kappa shape index (κ1) is 19.7. The van der Waals surface area contributed by atoms with Crippen LogP contribution in [0.1, 0.15) is 21.1 Å². The van der Waals surface area contributed by atoms with Crippen molar-refractivity contribution in [3.8, 4) is 17.0 Å². The molecular formula is C20H16Cl2N4O2S. The summed E-state index contributed by atoms with van der Waals surface area (Å²) in [6.45, 7) is 3.72. The smallest absolute Gasteiger partial charge is 0.276 e. The van der Waals surface area contributed by atoms with Crippen molar-refractivity contribution in [2.75, 3.05) is 12.4 Å². The van der Waals surface area contributed by atoms with E-state index >= 15 is 0 Å². The third-order valence-corrected chi connectivity index (χ3v) is 5.78. The zero-order chi connectivity index (χ0) is 20.7. The highest BCUT2D eigenvalue weighted by atomic mass is 35.5. The number of carbonyl (C=O) groups excluding carboxylic acids is 1. The van der Waals surface area contributed by atoms with Gasteiger partial charge in [-0.2, -0.15) is 0 Å². The van der Waals surface area contributed by atoms with Crippen LogP contribution in [-0.2, 0) is 0 Å². The van der Waals surface area contributed by atoms with Gasteiger partial charge in [0, 0.05) is 16.6 Å². The van der Waals surface area contributed by atoms with Crippen LogP contribution in [0, 0.1) is 13.8 Å². The largest absolute Gasteiger partial charge is 0.497 e. The fourth-order valence-corrected chi connectivity index (χ4v) is 4.43. The first-order valence-electron chi connectivity index (χ1n) is 8.64. The number of nitrogens with one attached hydrogen (secondary N) is 1. The summed E-state index contributed by atoms with van der Waals surface area (Å²) in [4.78, 5) is 22.9. The summed E-state index contributed by atoms with van der Waals surface area (Å²) in [5.74, 6) is 0.443. The van der Waals surface area contributed by atoms with Gasteiger partial charge >= 0.3 is 0 Å². The predicted octanol–water partition coefficient (Wildman–Crippen LogP) is 5.64. The summed E-state index contributed by atoms with van der Waals surface area (Å²) < 4.78 is 6.79. The molecule has 0 spiro atoms. The maximum Gasteiger partial charge on any atom is 0.276 e. The minimum atomic E-state index is -0.330. The summed E-state index contributed by atoms with van der Waals surface area (Å²) in [6.07, 6.45) is 1.62. The Morgan fingerprint density at radius 1 is 1.17 bits per heavy atom. The molecule has 0 saturated carbocycles. The van der Waals surface area contributed by atoms with Gasteiger partial charge in [-0.1, -0.05) is 23.2 Å². The second-order valence-corrected chi connectivity index (χ2v) is 8.40. The molecule has 4 aromatic rings. The van der Waals surface area contributed by atoms with E-state index in [9.17, 15) is 4.79 Å². The average molecular weight is 447 g/mol. The van der Waals surface area contributed by atoms with E-state index in [0.29, 0.717) is 32.2 Å². The maximum absolute atomic E-state index is 13.0. The van der Waals surface area contributed by atoms with E-state index in [-0.39, 0.29) is 5.91 Å². The number of hydrogen-bond acceptors (Lipinski definition) is 5. The molecule has 6 nitrogen and oxygen atoms in total. The van der Waals surface area contributed by atoms with Crippen LogP contribution in [0.2, 0.25) is 10.0 Å². The summed E-state index contributed by atoms with van der Waals surface area (Å²) >= 11 is 13.7. The van der Waals surface area contributed by atoms with Crippen LogP contribution in [0.4, 0.5) is 5.13 Å². The lowest BCUT2D eigenvalue weighted by molar-refractivity contribution is 0.102. The number of methoxy groups -OCH3 is 1. The Balaban J connectivity index is 1.66. The Labute approximate surface area is 181 Å². The van der Waals surface area contributed by atoms with Gasteiger partial charge in [-0.3, -0.25) is 14.5 Å². The molecule has 1 N–H and O–H groups in total. The van der Waals surface area contributed by atoms with Crippen molar-refractivity contribution < 1.29 is 9.53 Å². The SMILES string of the molecule is COc1ccc(-c2nc(NC(=O)c3c(C)nc4c(Cl)cc(Cl)cn34)sc2C)cc1. The molecule has 0 aliphatic carbocycles. The van der Waals surface area contributed by atoms with Crippen molar-refractivity contribution in [3.05, 3.63) is 62.8 Å². The maximum atomic E-state index is 13.0. The molecule has 0 bridgehead atoms. The first-order valence-corrected chi connectivity index (χ1v) is 10.2. The minimum absolute atomic E-state index is 0.330. The molecule has 0 radical (unpaired) electrons. The van der Waals surface area contributed by atoms with Crippen molar-refractivity contribution in [1.29, 1.82) is 0 Å². The molecule has 3 heterocycles. The number of hydrogen-bond donors (Lipinski definition) is 1. The molecule has 1 aromatic carbocycles. The lowest BCUT2D eigenvalue weighted by Crippen LogP contribution is -2.15. The lowest BCUT2D eigenvalue weighted by Gasteiger charge is -2.04. The van der Waals surface area contributed by atoms with Gasteiger partial charge in [0.1, 0.15) is 11.4 Å². The minimum Gasteiger partial charge on any atom is -0.497 e. The number of fused-ring (bicyclic) bond motifs is 1. The Morgan fingerprint density at radius 2 is 1.90 bits per heavy atom. The zero-order valence-corrected chi connectivity index (χ0v) is 18.1. The number of nitrogens with zero attached hydrogens (tertiary/aromatic N) is 3. The third-order valence-electron chi connectivity index (χ3n) is 4.41. The quantitative estimate of drug-likeness (QED) is 0.440. The van der Waals surface area contributed by atoms with Crippen molar-refractivity contribution in [3.63, 3.8) is 0 Å². The molecule has 148 valence electrons. The molecule has 9 heteroatoms. The second kappa shape index (κ2) is 7.67. The van der Waals surface area contributed by atoms with Gasteiger partial charge in [-0.25, -0.2) is 9.97 Å². The fraction of sp³-hybridized carbons (Fsp3) is 0.150. The number of carbonyl (C=O) groups is 1. The van der Waals surface area contributed by atoms with E-state index in [1.165, 1.54) is 11.3 Å². The number of anilines is 1. The standard InChI is InChI=1S/C20H16Cl2N4O2S/c1-10-17(26-9-13(21)8-15(22)18(26)23-10)19(27)25-20-24-16(11(2)29-20)12-4-6-14(28-3)7-5-12/h4-9H,1-3H3,(H,24,25,27). The van der Waals surface area contributed by atoms with E-state index in [0.717, 1.165) is 21.9 Å². The number of ether oxygens (including phenoxy) is 1. The highest BCUT2D eigenvalue weighted by Crippen LogP contribution is 2.32. The number of benzene rings is 1. The van der Waals surface area contributed by atoms with Crippen LogP contribution >= 0.6 is 34.5 Å². The van der Waals surface area contributed by atoms with E-state index < -0.39 is 0 Å². The van der Waals surface area contributed by atoms with Gasteiger partial charge in [0.25, 0.3) is 5.91 Å². The summed E-state index contributed by atoms with van der Waals surface area (Å²) in [7, 11) is 1.62. The van der Waals surface area contributed by atoms with E-state index in [1.54, 1.807) is 30.7 Å². The van der Waals surface area contributed by atoms with Gasteiger partial charge in [0.2, 0.25) is 0 Å². The van der Waals surface area contributed by atoms with Crippen molar-refractivity contribution in [2.24, 2.45) is 0 Å². The van der Waals surface area contributed by atoms with Gasteiger partial charge in [-0.15, -0.1) is 11.3 Å². The molecule has 1 amide bonds. The highest BCUT2D eigenvalue weighted by molar-refractivity contribution is 7.16. The number of halogens is 2. The second-order valence-electron chi connectivity index (χ2n) is 6.35. The molecule has 29 heavy (non-hydrogen) atoms. The molecule has 0 fully saturated rings. The Morgan fingerprint density at radius 3 is 2.59 bits per heavy atom. The molecular weight excluding hydrogens is 431 g/mol. The molecule has 0 unspecified atom stereocenters. The van der Waals surface area contributed by atoms with Crippen molar-refractivity contribution >= 4 is 51.2 Å². The molecule has 4 rings (SSSR count). The van der Waals surface area contributed by atoms with Crippen LogP contribution in [0.25, 0.3) is 16.9 Å². The number of rotatable bonds is 4. The normalized spacial score (nSPS) is 11.1. The topological polar surface area (TPSA) is 68.5 Å². The monoisotopic (exact) mass is 446 g/mol. The Hall–Kier alpha value is -2.61. The Kier molecular flexibility index (Phi) is 5.21. The van der Waals surface area contributed by atoms with Crippen LogP contribution in [0.15, 0.2) is 36.5 Å². The average Bonchev–Trinajstić information content (AvgIpc) is 3.21. The van der Waals surface area contributed by atoms with Crippen LogP contribution in [0.5, 0.6) is 5.75 Å². The summed E-state index contributed by atoms with van der Waals surface area (Å²) in [5.41, 5.74) is 3.16. The van der Waals surface area contributed by atoms with Crippen LogP contribution < -0.4 is 10.1 Å².